The van der Waals surface area contributed by atoms with Crippen LogP contribution < -0.4 is 0 Å². The van der Waals surface area contributed by atoms with E-state index in [1.807, 2.05) is 68.7 Å². The first-order chi connectivity index (χ1) is 14.3. The average Bonchev–Trinajstić information content (AvgIpc) is 2.73. The molecule has 3 aromatic carbocycles. The lowest BCUT2D eigenvalue weighted by Crippen LogP contribution is -2.40. The summed E-state index contributed by atoms with van der Waals surface area (Å²) in [4.78, 5) is 3.24. The minimum absolute atomic E-state index is 0.0151. The lowest BCUT2D eigenvalue weighted by atomic mass is 9.76. The van der Waals surface area contributed by atoms with Crippen LogP contribution in [0.3, 0.4) is 0 Å². The molecule has 2 unspecified atom stereocenters. The van der Waals surface area contributed by atoms with E-state index in [4.69, 9.17) is 23.2 Å². The first-order valence-corrected chi connectivity index (χ1v) is 11.6. The highest BCUT2D eigenvalue weighted by atomic mass is 35.5. The van der Waals surface area contributed by atoms with Gasteiger partial charge in [0.2, 0.25) is 0 Å². The van der Waals surface area contributed by atoms with Crippen molar-refractivity contribution in [3.8, 4) is 0 Å². The highest BCUT2D eigenvalue weighted by Gasteiger charge is 2.37. The SMILES string of the molecule is CC(CN(C)C)C(O)(c1ccccc1)c1ccc(SCc2ccc(Cl)cc2Cl)cc1. The molecule has 30 heavy (non-hydrogen) atoms. The maximum atomic E-state index is 11.9. The lowest BCUT2D eigenvalue weighted by molar-refractivity contribution is 0.0134. The summed E-state index contributed by atoms with van der Waals surface area (Å²) in [6.07, 6.45) is 0. The number of halogens is 2. The Labute approximate surface area is 193 Å². The molecule has 3 rings (SSSR count). The molecular formula is C25H27Cl2NOS. The van der Waals surface area contributed by atoms with Crippen molar-refractivity contribution in [1.29, 1.82) is 0 Å². The first-order valence-electron chi connectivity index (χ1n) is 9.90. The van der Waals surface area contributed by atoms with Crippen LogP contribution in [0, 0.1) is 5.92 Å². The summed E-state index contributed by atoms with van der Waals surface area (Å²) in [5, 5.41) is 13.2. The third-order valence-electron chi connectivity index (χ3n) is 5.27. The molecule has 2 nitrogen and oxygen atoms in total. The zero-order valence-corrected chi connectivity index (χ0v) is 19.8. The fourth-order valence-corrected chi connectivity index (χ4v) is 5.17. The molecule has 0 aliphatic heterocycles. The fraction of sp³-hybridized carbons (Fsp3) is 0.280. The van der Waals surface area contributed by atoms with Gasteiger partial charge in [0.05, 0.1) is 0 Å². The number of aliphatic hydroxyl groups is 1. The predicted molar refractivity (Wildman–Crippen MR) is 130 cm³/mol. The van der Waals surface area contributed by atoms with E-state index in [9.17, 15) is 5.11 Å². The number of hydrogen-bond acceptors (Lipinski definition) is 3. The standard InChI is InChI=1S/C25H27Cl2NOS/c1-18(16-28(2)3)25(29,20-7-5-4-6-8-20)21-10-13-23(14-11-21)30-17-19-9-12-22(26)15-24(19)27/h4-15,18,29H,16-17H2,1-3H3. The Kier molecular flexibility index (Phi) is 7.89. The van der Waals surface area contributed by atoms with E-state index in [0.717, 1.165) is 33.9 Å². The van der Waals surface area contributed by atoms with Crippen molar-refractivity contribution in [3.63, 3.8) is 0 Å². The van der Waals surface area contributed by atoms with Gasteiger partial charge in [0.15, 0.2) is 0 Å². The van der Waals surface area contributed by atoms with E-state index >= 15 is 0 Å². The molecule has 0 amide bonds. The van der Waals surface area contributed by atoms with Crippen molar-refractivity contribution in [3.05, 3.63) is 99.5 Å². The van der Waals surface area contributed by atoms with Crippen molar-refractivity contribution in [2.75, 3.05) is 20.6 Å². The van der Waals surface area contributed by atoms with Gasteiger partial charge in [0.25, 0.3) is 0 Å². The summed E-state index contributed by atoms with van der Waals surface area (Å²) in [5.41, 5.74) is 1.80. The van der Waals surface area contributed by atoms with Crippen LogP contribution in [0.25, 0.3) is 0 Å². The summed E-state index contributed by atoms with van der Waals surface area (Å²) < 4.78 is 0. The van der Waals surface area contributed by atoms with Crippen LogP contribution in [-0.2, 0) is 11.4 Å². The summed E-state index contributed by atoms with van der Waals surface area (Å²) in [7, 11) is 4.06. The van der Waals surface area contributed by atoms with Crippen molar-refractivity contribution >= 4 is 35.0 Å². The topological polar surface area (TPSA) is 23.5 Å². The largest absolute Gasteiger partial charge is 0.380 e. The third kappa shape index (κ3) is 5.40. The minimum Gasteiger partial charge on any atom is -0.380 e. The number of thioether (sulfide) groups is 1. The Morgan fingerprint density at radius 3 is 2.17 bits per heavy atom. The number of nitrogens with zero attached hydrogens (tertiary/aromatic N) is 1. The molecule has 5 heteroatoms. The van der Waals surface area contributed by atoms with Crippen LogP contribution in [0.1, 0.15) is 23.6 Å². The fourth-order valence-electron chi connectivity index (χ4n) is 3.71. The van der Waals surface area contributed by atoms with E-state index in [2.05, 4.69) is 24.0 Å². The Morgan fingerprint density at radius 2 is 1.57 bits per heavy atom. The van der Waals surface area contributed by atoms with Gasteiger partial charge in [-0.25, -0.2) is 0 Å². The second kappa shape index (κ2) is 10.2. The maximum Gasteiger partial charge on any atom is 0.118 e. The van der Waals surface area contributed by atoms with E-state index < -0.39 is 5.60 Å². The van der Waals surface area contributed by atoms with Crippen molar-refractivity contribution in [2.45, 2.75) is 23.2 Å². The molecule has 0 saturated heterocycles. The Hall–Kier alpha value is -1.49. The van der Waals surface area contributed by atoms with Gasteiger partial charge in [0.1, 0.15) is 5.60 Å². The number of rotatable bonds is 8. The predicted octanol–water partition coefficient (Wildman–Crippen LogP) is 6.72. The highest BCUT2D eigenvalue weighted by molar-refractivity contribution is 7.98. The Balaban J connectivity index is 1.83. The smallest absolute Gasteiger partial charge is 0.118 e. The number of hydrogen-bond donors (Lipinski definition) is 1. The van der Waals surface area contributed by atoms with Crippen LogP contribution in [0.4, 0.5) is 0 Å². The molecule has 0 fully saturated rings. The monoisotopic (exact) mass is 459 g/mol. The first kappa shape index (κ1) is 23.2. The Bertz CT molecular complexity index is 963. The molecule has 0 aliphatic rings. The van der Waals surface area contributed by atoms with Gasteiger partial charge < -0.3 is 10.0 Å². The zero-order valence-electron chi connectivity index (χ0n) is 17.5. The van der Waals surface area contributed by atoms with Gasteiger partial charge in [-0.05, 0) is 55.1 Å². The van der Waals surface area contributed by atoms with Gasteiger partial charge in [-0.1, -0.05) is 78.7 Å². The van der Waals surface area contributed by atoms with Crippen LogP contribution >= 0.6 is 35.0 Å². The lowest BCUT2D eigenvalue weighted by Gasteiger charge is -2.37. The normalized spacial score (nSPS) is 14.5. The number of benzene rings is 3. The van der Waals surface area contributed by atoms with Crippen molar-refractivity contribution in [1.82, 2.24) is 4.90 Å². The van der Waals surface area contributed by atoms with Crippen LogP contribution in [0.15, 0.2) is 77.7 Å². The minimum atomic E-state index is -1.06. The van der Waals surface area contributed by atoms with Crippen LogP contribution in [0.5, 0.6) is 0 Å². The van der Waals surface area contributed by atoms with Crippen LogP contribution in [-0.4, -0.2) is 30.6 Å². The highest BCUT2D eigenvalue weighted by Crippen LogP contribution is 2.38. The van der Waals surface area contributed by atoms with Gasteiger partial charge >= 0.3 is 0 Å². The summed E-state index contributed by atoms with van der Waals surface area (Å²) >= 11 is 14.0. The van der Waals surface area contributed by atoms with Crippen molar-refractivity contribution in [2.24, 2.45) is 5.92 Å². The van der Waals surface area contributed by atoms with Gasteiger partial charge in [-0.15, -0.1) is 11.8 Å². The van der Waals surface area contributed by atoms with E-state index in [1.165, 1.54) is 0 Å². The van der Waals surface area contributed by atoms with Crippen molar-refractivity contribution < 1.29 is 5.11 Å². The molecule has 0 saturated carbocycles. The van der Waals surface area contributed by atoms with Gasteiger partial charge in [-0.3, -0.25) is 0 Å². The van der Waals surface area contributed by atoms with Gasteiger partial charge in [-0.2, -0.15) is 0 Å². The molecule has 3 aromatic rings. The molecule has 158 valence electrons. The second-order valence-corrected chi connectivity index (χ2v) is 9.74. The Morgan fingerprint density at radius 1 is 0.933 bits per heavy atom. The van der Waals surface area contributed by atoms with E-state index in [-0.39, 0.29) is 5.92 Å². The summed E-state index contributed by atoms with van der Waals surface area (Å²) in [6.45, 7) is 2.87. The zero-order chi connectivity index (χ0) is 21.7. The molecule has 2 atom stereocenters. The summed E-state index contributed by atoms with van der Waals surface area (Å²) in [5.74, 6) is 0.774. The molecule has 0 spiro atoms. The molecule has 0 radical (unpaired) electrons. The molecule has 1 N–H and O–H groups in total. The van der Waals surface area contributed by atoms with Gasteiger partial charge in [0, 0.05) is 33.2 Å². The second-order valence-electron chi connectivity index (χ2n) is 7.84. The average molecular weight is 460 g/mol. The van der Waals surface area contributed by atoms with E-state index in [0.29, 0.717) is 10.0 Å². The van der Waals surface area contributed by atoms with E-state index in [1.54, 1.807) is 17.8 Å². The third-order valence-corrected chi connectivity index (χ3v) is 6.92. The molecule has 0 aromatic heterocycles. The molecule has 0 aliphatic carbocycles. The quantitative estimate of drug-likeness (QED) is 0.378. The molecule has 0 heterocycles. The molecular weight excluding hydrogens is 433 g/mol. The van der Waals surface area contributed by atoms with Crippen LogP contribution in [0.2, 0.25) is 10.0 Å². The molecule has 0 bridgehead atoms. The maximum absolute atomic E-state index is 11.9. The summed E-state index contributed by atoms with van der Waals surface area (Å²) in [6, 6.07) is 23.7.